The number of H-pyrrole nitrogens is 1. The lowest BCUT2D eigenvalue weighted by Gasteiger charge is -2.04. The predicted octanol–water partition coefficient (Wildman–Crippen LogP) is 2.66. The van der Waals surface area contributed by atoms with Crippen molar-refractivity contribution in [1.82, 2.24) is 19.6 Å². The van der Waals surface area contributed by atoms with E-state index in [9.17, 15) is 4.79 Å². The van der Waals surface area contributed by atoms with Gasteiger partial charge in [-0.15, -0.1) is 0 Å². The Morgan fingerprint density at radius 2 is 2.12 bits per heavy atom. The lowest BCUT2D eigenvalue weighted by Crippen LogP contribution is -1.96. The molecule has 0 spiro atoms. The second kappa shape index (κ2) is 5.27. The third-order valence-electron chi connectivity index (χ3n) is 3.65. The summed E-state index contributed by atoms with van der Waals surface area (Å²) in [7, 11) is 1.61. The maximum atomic E-state index is 11.0. The standard InChI is InChI=1S/C16H13N5O3/c1-24-11-4-2-3-10(8-11)17-15-19-16-18-12-7-9(14(22)23)5-6-13(12)21(16)20-15/h2-8H,1H3,(H,22,23)(H2,17,18,19,20). The van der Waals surface area contributed by atoms with Crippen molar-refractivity contribution < 1.29 is 14.6 Å². The van der Waals surface area contributed by atoms with Crippen LogP contribution in [0.2, 0.25) is 0 Å². The first-order valence-electron chi connectivity index (χ1n) is 7.16. The quantitative estimate of drug-likeness (QED) is 0.533. The molecule has 0 atom stereocenters. The number of aromatic nitrogens is 4. The van der Waals surface area contributed by atoms with Crippen LogP contribution in [-0.2, 0) is 0 Å². The Morgan fingerprint density at radius 3 is 2.92 bits per heavy atom. The molecule has 2 aromatic carbocycles. The molecule has 8 heteroatoms. The highest BCUT2D eigenvalue weighted by Crippen LogP contribution is 2.22. The van der Waals surface area contributed by atoms with E-state index in [1.807, 2.05) is 24.3 Å². The summed E-state index contributed by atoms with van der Waals surface area (Å²) in [6.07, 6.45) is 0. The largest absolute Gasteiger partial charge is 0.497 e. The summed E-state index contributed by atoms with van der Waals surface area (Å²) >= 11 is 0. The van der Waals surface area contributed by atoms with E-state index in [2.05, 4.69) is 20.4 Å². The van der Waals surface area contributed by atoms with Crippen molar-refractivity contribution in [2.75, 3.05) is 12.4 Å². The highest BCUT2D eigenvalue weighted by molar-refractivity contribution is 5.93. The van der Waals surface area contributed by atoms with Crippen LogP contribution in [0.3, 0.4) is 0 Å². The maximum absolute atomic E-state index is 11.0. The monoisotopic (exact) mass is 323 g/mol. The Bertz CT molecular complexity index is 1070. The number of imidazole rings is 1. The molecule has 4 aromatic rings. The molecular weight excluding hydrogens is 310 g/mol. The number of carboxylic acid groups (broad SMARTS) is 1. The fourth-order valence-corrected chi connectivity index (χ4v) is 2.51. The minimum atomic E-state index is -0.984. The minimum Gasteiger partial charge on any atom is -0.497 e. The zero-order valence-electron chi connectivity index (χ0n) is 12.6. The Labute approximate surface area is 135 Å². The number of anilines is 2. The molecule has 2 heterocycles. The van der Waals surface area contributed by atoms with E-state index in [4.69, 9.17) is 9.84 Å². The molecule has 0 fully saturated rings. The van der Waals surface area contributed by atoms with E-state index in [1.165, 1.54) is 12.1 Å². The van der Waals surface area contributed by atoms with Gasteiger partial charge < -0.3 is 15.2 Å². The Kier molecular flexibility index (Phi) is 3.09. The van der Waals surface area contributed by atoms with E-state index in [1.54, 1.807) is 17.7 Å². The first kappa shape index (κ1) is 14.1. The van der Waals surface area contributed by atoms with Crippen LogP contribution in [0.4, 0.5) is 11.6 Å². The summed E-state index contributed by atoms with van der Waals surface area (Å²) in [5, 5.41) is 15.3. The first-order chi connectivity index (χ1) is 11.6. The maximum Gasteiger partial charge on any atom is 0.335 e. The van der Waals surface area contributed by atoms with Gasteiger partial charge in [0.05, 0.1) is 23.7 Å². The molecule has 24 heavy (non-hydrogen) atoms. The normalized spacial score (nSPS) is 11.0. The van der Waals surface area contributed by atoms with Crippen LogP contribution in [0.5, 0.6) is 5.75 Å². The number of rotatable bonds is 4. The molecule has 0 amide bonds. The smallest absolute Gasteiger partial charge is 0.335 e. The van der Waals surface area contributed by atoms with Gasteiger partial charge in [0.1, 0.15) is 5.75 Å². The second-order valence-electron chi connectivity index (χ2n) is 5.19. The minimum absolute atomic E-state index is 0.193. The number of fused-ring (bicyclic) bond motifs is 3. The Morgan fingerprint density at radius 1 is 1.25 bits per heavy atom. The molecule has 0 bridgehead atoms. The van der Waals surface area contributed by atoms with Gasteiger partial charge in [0.2, 0.25) is 5.95 Å². The molecule has 0 aliphatic carbocycles. The average Bonchev–Trinajstić information content (AvgIpc) is 3.11. The number of aromatic carboxylic acids is 1. The third kappa shape index (κ3) is 2.30. The van der Waals surface area contributed by atoms with Gasteiger partial charge in [-0.1, -0.05) is 6.07 Å². The van der Waals surface area contributed by atoms with Gasteiger partial charge in [0, 0.05) is 11.8 Å². The van der Waals surface area contributed by atoms with Gasteiger partial charge in [-0.3, -0.25) is 5.10 Å². The molecule has 8 nitrogen and oxygen atoms in total. The number of benzene rings is 2. The summed E-state index contributed by atoms with van der Waals surface area (Å²) < 4.78 is 6.89. The Balaban J connectivity index is 1.72. The van der Waals surface area contributed by atoms with E-state index >= 15 is 0 Å². The molecule has 0 aliphatic heterocycles. The molecule has 0 unspecified atom stereocenters. The molecule has 0 saturated heterocycles. The van der Waals surface area contributed by atoms with Gasteiger partial charge in [0.15, 0.2) is 0 Å². The van der Waals surface area contributed by atoms with Crippen molar-refractivity contribution >= 4 is 34.4 Å². The summed E-state index contributed by atoms with van der Waals surface area (Å²) in [4.78, 5) is 19.7. The van der Waals surface area contributed by atoms with Crippen molar-refractivity contribution in [3.05, 3.63) is 48.0 Å². The third-order valence-corrected chi connectivity index (χ3v) is 3.65. The second-order valence-corrected chi connectivity index (χ2v) is 5.19. The van der Waals surface area contributed by atoms with Gasteiger partial charge in [-0.25, -0.2) is 14.3 Å². The molecule has 0 aliphatic rings. The topological polar surface area (TPSA) is 105 Å². The van der Waals surface area contributed by atoms with Gasteiger partial charge in [-0.05, 0) is 30.3 Å². The van der Waals surface area contributed by atoms with E-state index in [-0.39, 0.29) is 5.56 Å². The summed E-state index contributed by atoms with van der Waals surface area (Å²) in [5.74, 6) is 0.734. The number of carboxylic acids is 1. The van der Waals surface area contributed by atoms with Crippen LogP contribution < -0.4 is 10.1 Å². The summed E-state index contributed by atoms with van der Waals surface area (Å²) in [5.41, 5.74) is 2.34. The zero-order chi connectivity index (χ0) is 16.7. The van der Waals surface area contributed by atoms with Crippen LogP contribution in [-0.4, -0.2) is 37.8 Å². The molecule has 2 aromatic heterocycles. The number of aromatic amines is 1. The average molecular weight is 323 g/mol. The number of nitrogens with zero attached hydrogens (tertiary/aromatic N) is 3. The number of nitrogens with one attached hydrogen (secondary N) is 2. The van der Waals surface area contributed by atoms with Crippen LogP contribution >= 0.6 is 0 Å². The molecule has 120 valence electrons. The lowest BCUT2D eigenvalue weighted by atomic mass is 10.2. The summed E-state index contributed by atoms with van der Waals surface area (Å²) in [6.45, 7) is 0. The number of ether oxygens (including phenoxy) is 1. The highest BCUT2D eigenvalue weighted by Gasteiger charge is 2.12. The molecular formula is C16H13N5O3. The molecule has 0 saturated carbocycles. The number of carbonyl (C=O) groups is 1. The van der Waals surface area contributed by atoms with Gasteiger partial charge >= 0.3 is 5.97 Å². The fraction of sp³-hybridized carbons (Fsp3) is 0.0625. The number of hydrogen-bond acceptors (Lipinski definition) is 5. The predicted molar refractivity (Wildman–Crippen MR) is 88.1 cm³/mol. The van der Waals surface area contributed by atoms with Gasteiger partial charge in [0.25, 0.3) is 5.78 Å². The van der Waals surface area contributed by atoms with Crippen molar-refractivity contribution in [3.8, 4) is 5.75 Å². The Hall–Kier alpha value is -3.55. The van der Waals surface area contributed by atoms with Gasteiger partial charge in [-0.2, -0.15) is 4.98 Å². The van der Waals surface area contributed by atoms with E-state index in [0.29, 0.717) is 17.2 Å². The fourth-order valence-electron chi connectivity index (χ4n) is 2.51. The van der Waals surface area contributed by atoms with E-state index < -0.39 is 5.97 Å². The SMILES string of the molecule is COc1cccc(Nc2nc3nc4cc(C(=O)O)ccc4n3[nH]2)c1. The molecule has 4 rings (SSSR count). The summed E-state index contributed by atoms with van der Waals surface area (Å²) in [6, 6.07) is 12.2. The number of hydrogen-bond donors (Lipinski definition) is 3. The molecule has 3 N–H and O–H groups in total. The van der Waals surface area contributed by atoms with Crippen molar-refractivity contribution in [1.29, 1.82) is 0 Å². The van der Waals surface area contributed by atoms with Crippen LogP contribution in [0, 0.1) is 0 Å². The van der Waals surface area contributed by atoms with Crippen molar-refractivity contribution in [2.24, 2.45) is 0 Å². The van der Waals surface area contributed by atoms with Crippen molar-refractivity contribution in [3.63, 3.8) is 0 Å². The van der Waals surface area contributed by atoms with Crippen LogP contribution in [0.25, 0.3) is 16.8 Å². The van der Waals surface area contributed by atoms with Crippen LogP contribution in [0.15, 0.2) is 42.5 Å². The first-order valence-corrected chi connectivity index (χ1v) is 7.16. The number of methoxy groups -OCH3 is 1. The van der Waals surface area contributed by atoms with Crippen molar-refractivity contribution in [2.45, 2.75) is 0 Å². The molecule has 0 radical (unpaired) electrons. The zero-order valence-corrected chi connectivity index (χ0v) is 12.6. The van der Waals surface area contributed by atoms with Crippen LogP contribution in [0.1, 0.15) is 10.4 Å². The lowest BCUT2D eigenvalue weighted by molar-refractivity contribution is 0.0697. The highest BCUT2D eigenvalue weighted by atomic mass is 16.5. The van der Waals surface area contributed by atoms with E-state index in [0.717, 1.165) is 17.0 Å².